The molecular weight excluding hydrogens is 254 g/mol. The summed E-state index contributed by atoms with van der Waals surface area (Å²) in [5, 5.41) is 9.15. The van der Waals surface area contributed by atoms with Gasteiger partial charge in [-0.15, -0.1) is 0 Å². The van der Waals surface area contributed by atoms with Gasteiger partial charge in [0.05, 0.1) is 6.61 Å². The van der Waals surface area contributed by atoms with Crippen molar-refractivity contribution in [2.45, 2.75) is 38.1 Å². The number of aliphatic carboxylic acids is 1. The van der Waals surface area contributed by atoms with E-state index in [1.54, 1.807) is 0 Å². The molecule has 1 N–H and O–H groups in total. The highest BCUT2D eigenvalue weighted by Gasteiger charge is 2.29. The van der Waals surface area contributed by atoms with Crippen LogP contribution in [0.25, 0.3) is 0 Å². The predicted octanol–water partition coefficient (Wildman–Crippen LogP) is 2.10. The number of carboxylic acid groups (broad SMARTS) is 1. The van der Waals surface area contributed by atoms with Gasteiger partial charge in [0.15, 0.2) is 0 Å². The molecule has 2 aliphatic rings. The molecule has 1 aromatic rings. The number of hydrogen-bond acceptors (Lipinski definition) is 3. The third-order valence-electron chi connectivity index (χ3n) is 4.31. The van der Waals surface area contributed by atoms with Crippen LogP contribution in [0.1, 0.15) is 30.4 Å². The lowest BCUT2D eigenvalue weighted by atomic mass is 10.0. The van der Waals surface area contributed by atoms with E-state index in [9.17, 15) is 4.79 Å². The summed E-state index contributed by atoms with van der Waals surface area (Å²) in [7, 11) is 0. The van der Waals surface area contributed by atoms with E-state index in [1.165, 1.54) is 11.1 Å². The predicted molar refractivity (Wildman–Crippen MR) is 76.2 cm³/mol. The zero-order chi connectivity index (χ0) is 13.9. The molecule has 1 atom stereocenters. The molecule has 0 aliphatic carbocycles. The van der Waals surface area contributed by atoms with Crippen LogP contribution in [0.4, 0.5) is 0 Å². The topological polar surface area (TPSA) is 49.8 Å². The number of carboxylic acids is 1. The summed E-state index contributed by atoms with van der Waals surface area (Å²) in [6, 6.07) is 6.17. The molecule has 1 saturated heterocycles. The van der Waals surface area contributed by atoms with Crippen LogP contribution in [0.3, 0.4) is 0 Å². The third-order valence-corrected chi connectivity index (χ3v) is 4.31. The molecule has 20 heavy (non-hydrogen) atoms. The van der Waals surface area contributed by atoms with Crippen LogP contribution < -0.4 is 4.74 Å². The minimum Gasteiger partial charge on any atom is -0.493 e. The van der Waals surface area contributed by atoms with Crippen molar-refractivity contribution in [3.05, 3.63) is 29.3 Å². The molecule has 4 nitrogen and oxygen atoms in total. The van der Waals surface area contributed by atoms with E-state index in [-0.39, 0.29) is 6.04 Å². The first-order valence-electron chi connectivity index (χ1n) is 7.45. The Morgan fingerprint density at radius 3 is 3.20 bits per heavy atom. The van der Waals surface area contributed by atoms with Gasteiger partial charge < -0.3 is 9.84 Å². The van der Waals surface area contributed by atoms with E-state index in [0.29, 0.717) is 0 Å². The van der Waals surface area contributed by atoms with Gasteiger partial charge >= 0.3 is 5.97 Å². The van der Waals surface area contributed by atoms with Crippen molar-refractivity contribution in [3.63, 3.8) is 0 Å². The Labute approximate surface area is 119 Å². The molecule has 1 aromatic carbocycles. The van der Waals surface area contributed by atoms with E-state index in [1.807, 2.05) is 0 Å². The Morgan fingerprint density at radius 2 is 2.35 bits per heavy atom. The van der Waals surface area contributed by atoms with Crippen LogP contribution in [-0.4, -0.2) is 41.7 Å². The smallest absolute Gasteiger partial charge is 0.320 e. The Morgan fingerprint density at radius 1 is 1.45 bits per heavy atom. The Hall–Kier alpha value is -1.55. The number of rotatable bonds is 5. The number of benzene rings is 1. The maximum Gasteiger partial charge on any atom is 0.320 e. The van der Waals surface area contributed by atoms with Gasteiger partial charge in [0.1, 0.15) is 11.8 Å². The minimum absolute atomic E-state index is 0.261. The van der Waals surface area contributed by atoms with E-state index < -0.39 is 5.97 Å². The molecule has 0 spiro atoms. The monoisotopic (exact) mass is 275 g/mol. The molecule has 0 saturated carbocycles. The largest absolute Gasteiger partial charge is 0.493 e. The highest BCUT2D eigenvalue weighted by atomic mass is 16.5. The lowest BCUT2D eigenvalue weighted by molar-refractivity contribution is -0.142. The number of carbonyl (C=O) groups is 1. The van der Waals surface area contributed by atoms with Gasteiger partial charge in [-0.1, -0.05) is 12.1 Å². The molecule has 1 fully saturated rings. The molecule has 2 aliphatic heterocycles. The van der Waals surface area contributed by atoms with E-state index in [2.05, 4.69) is 23.1 Å². The average Bonchev–Trinajstić information content (AvgIpc) is 3.06. The second-order valence-electron chi connectivity index (χ2n) is 5.68. The lowest BCUT2D eigenvalue weighted by Crippen LogP contribution is -2.36. The number of nitrogens with zero attached hydrogens (tertiary/aromatic N) is 1. The first-order chi connectivity index (χ1) is 9.74. The van der Waals surface area contributed by atoms with Crippen LogP contribution in [0.2, 0.25) is 0 Å². The molecule has 4 heteroatoms. The molecule has 1 unspecified atom stereocenters. The molecule has 0 aromatic heterocycles. The molecule has 0 radical (unpaired) electrons. The zero-order valence-corrected chi connectivity index (χ0v) is 11.7. The van der Waals surface area contributed by atoms with Crippen LogP contribution in [0.5, 0.6) is 5.75 Å². The molecular formula is C16H21NO3. The van der Waals surface area contributed by atoms with Crippen molar-refractivity contribution >= 4 is 5.97 Å². The fourth-order valence-corrected chi connectivity index (χ4v) is 3.26. The maximum absolute atomic E-state index is 11.1. The van der Waals surface area contributed by atoms with Gasteiger partial charge in [-0.3, -0.25) is 9.69 Å². The van der Waals surface area contributed by atoms with Crippen molar-refractivity contribution in [2.24, 2.45) is 0 Å². The van der Waals surface area contributed by atoms with Gasteiger partial charge in [0, 0.05) is 6.42 Å². The Balaban J connectivity index is 1.51. The number of likely N-dealkylation sites (tertiary alicyclic amines) is 1. The van der Waals surface area contributed by atoms with Crippen LogP contribution in [-0.2, 0) is 17.6 Å². The van der Waals surface area contributed by atoms with Gasteiger partial charge in [-0.25, -0.2) is 0 Å². The minimum atomic E-state index is -0.669. The zero-order valence-electron chi connectivity index (χ0n) is 11.7. The molecule has 0 bridgehead atoms. The summed E-state index contributed by atoms with van der Waals surface area (Å²) in [4.78, 5) is 13.2. The Bertz CT molecular complexity index is 500. The number of ether oxygens (including phenoxy) is 1. The summed E-state index contributed by atoms with van der Waals surface area (Å²) in [6.07, 6.45) is 4.84. The average molecular weight is 275 g/mol. The second kappa shape index (κ2) is 5.83. The van der Waals surface area contributed by atoms with E-state index in [0.717, 1.165) is 57.6 Å². The molecule has 108 valence electrons. The van der Waals surface area contributed by atoms with Crippen LogP contribution in [0, 0.1) is 0 Å². The SMILES string of the molecule is O=C(O)C1CCCN1CCCc1ccc2c(c1)CCO2. The van der Waals surface area contributed by atoms with Crippen molar-refractivity contribution in [1.29, 1.82) is 0 Å². The third kappa shape index (κ3) is 2.80. The van der Waals surface area contributed by atoms with Crippen molar-refractivity contribution in [3.8, 4) is 5.75 Å². The second-order valence-corrected chi connectivity index (χ2v) is 5.68. The van der Waals surface area contributed by atoms with Crippen LogP contribution >= 0.6 is 0 Å². The summed E-state index contributed by atoms with van der Waals surface area (Å²) in [5.41, 5.74) is 2.65. The molecule has 3 rings (SSSR count). The highest BCUT2D eigenvalue weighted by molar-refractivity contribution is 5.73. The first kappa shape index (κ1) is 13.4. The standard InChI is InChI=1S/C16H21NO3/c18-16(19)14-4-2-9-17(14)8-1-3-12-5-6-15-13(11-12)7-10-20-15/h5-6,11,14H,1-4,7-10H2,(H,18,19). The summed E-state index contributed by atoms with van der Waals surface area (Å²) in [6.45, 7) is 2.60. The van der Waals surface area contributed by atoms with Gasteiger partial charge in [-0.2, -0.15) is 0 Å². The van der Waals surface area contributed by atoms with E-state index in [4.69, 9.17) is 9.84 Å². The highest BCUT2D eigenvalue weighted by Crippen LogP contribution is 2.26. The number of fused-ring (bicyclic) bond motifs is 1. The van der Waals surface area contributed by atoms with Gasteiger partial charge in [0.25, 0.3) is 0 Å². The summed E-state index contributed by atoms with van der Waals surface area (Å²) in [5.74, 6) is 0.358. The number of aryl methyl sites for hydroxylation is 1. The number of hydrogen-bond donors (Lipinski definition) is 1. The normalized spacial score (nSPS) is 21.7. The van der Waals surface area contributed by atoms with Crippen molar-refractivity contribution in [2.75, 3.05) is 19.7 Å². The Kier molecular flexibility index (Phi) is 3.92. The lowest BCUT2D eigenvalue weighted by Gasteiger charge is -2.20. The molecule has 2 heterocycles. The maximum atomic E-state index is 11.1. The molecule has 0 amide bonds. The van der Waals surface area contributed by atoms with Gasteiger partial charge in [-0.05, 0) is 56.0 Å². The first-order valence-corrected chi connectivity index (χ1v) is 7.45. The fourth-order valence-electron chi connectivity index (χ4n) is 3.26. The van der Waals surface area contributed by atoms with Crippen molar-refractivity contribution < 1.29 is 14.6 Å². The van der Waals surface area contributed by atoms with Crippen molar-refractivity contribution in [1.82, 2.24) is 4.90 Å². The summed E-state index contributed by atoms with van der Waals surface area (Å²) >= 11 is 0. The summed E-state index contributed by atoms with van der Waals surface area (Å²) < 4.78 is 5.51. The van der Waals surface area contributed by atoms with Crippen LogP contribution in [0.15, 0.2) is 18.2 Å². The van der Waals surface area contributed by atoms with Gasteiger partial charge in [0.2, 0.25) is 0 Å². The fraction of sp³-hybridized carbons (Fsp3) is 0.562. The van der Waals surface area contributed by atoms with E-state index >= 15 is 0 Å². The quantitative estimate of drug-likeness (QED) is 0.894.